The second-order valence-corrected chi connectivity index (χ2v) is 7.18. The van der Waals surface area contributed by atoms with Crippen LogP contribution in [0.4, 0.5) is 5.82 Å². The van der Waals surface area contributed by atoms with Gasteiger partial charge >= 0.3 is 5.97 Å². The first kappa shape index (κ1) is 19.5. The number of pyridine rings is 1. The summed E-state index contributed by atoms with van der Waals surface area (Å²) >= 11 is 12.6. The molecule has 6 heteroatoms. The number of esters is 1. The monoisotopic (exact) mass is 402 g/mol. The molecule has 0 N–H and O–H groups in total. The molecular weight excluding hydrogens is 383 g/mol. The molecule has 0 radical (unpaired) electrons. The van der Waals surface area contributed by atoms with E-state index in [0.29, 0.717) is 27.8 Å². The maximum atomic E-state index is 12.8. The number of hydrogen-bond donors (Lipinski definition) is 0. The summed E-state index contributed by atoms with van der Waals surface area (Å²) in [6, 6.07) is 13.1. The van der Waals surface area contributed by atoms with Gasteiger partial charge in [0.05, 0.1) is 12.1 Å². The van der Waals surface area contributed by atoms with Crippen LogP contribution in [0.25, 0.3) is 10.9 Å². The zero-order chi connectivity index (χ0) is 19.6. The van der Waals surface area contributed by atoms with E-state index < -0.39 is 5.97 Å². The normalized spacial score (nSPS) is 10.9. The van der Waals surface area contributed by atoms with Gasteiger partial charge in [-0.15, -0.1) is 0 Å². The van der Waals surface area contributed by atoms with Gasteiger partial charge in [-0.3, -0.25) is 0 Å². The number of nitrogens with zero attached hydrogens (tertiary/aromatic N) is 2. The van der Waals surface area contributed by atoms with Crippen molar-refractivity contribution < 1.29 is 9.53 Å². The van der Waals surface area contributed by atoms with Gasteiger partial charge in [-0.2, -0.15) is 0 Å². The van der Waals surface area contributed by atoms with E-state index in [-0.39, 0.29) is 6.61 Å². The van der Waals surface area contributed by atoms with Crippen molar-refractivity contribution in [3.05, 3.63) is 69.2 Å². The summed E-state index contributed by atoms with van der Waals surface area (Å²) in [6.45, 7) is 2.07. The van der Waals surface area contributed by atoms with Gasteiger partial charge in [0.25, 0.3) is 0 Å². The van der Waals surface area contributed by atoms with Crippen molar-refractivity contribution in [2.75, 3.05) is 25.6 Å². The summed E-state index contributed by atoms with van der Waals surface area (Å²) in [6.07, 6.45) is 0.466. The number of anilines is 1. The molecule has 0 aliphatic heterocycles. The van der Waals surface area contributed by atoms with Gasteiger partial charge in [-0.25, -0.2) is 9.78 Å². The second-order valence-electron chi connectivity index (χ2n) is 6.33. The molecule has 0 saturated carbocycles. The van der Waals surface area contributed by atoms with E-state index in [9.17, 15) is 4.79 Å². The highest BCUT2D eigenvalue weighted by Gasteiger charge is 2.24. The molecule has 0 fully saturated rings. The summed E-state index contributed by atoms with van der Waals surface area (Å²) < 4.78 is 5.33. The fraction of sp³-hybridized carbons (Fsp3) is 0.238. The molecule has 0 spiro atoms. The lowest BCUT2D eigenvalue weighted by Gasteiger charge is -2.21. The summed E-state index contributed by atoms with van der Waals surface area (Å²) in [5, 5.41) is 2.04. The van der Waals surface area contributed by atoms with Gasteiger partial charge in [0.1, 0.15) is 11.4 Å². The molecule has 3 rings (SSSR count). The highest BCUT2D eigenvalue weighted by Crippen LogP contribution is 2.33. The Labute approximate surface area is 168 Å². The molecule has 0 aliphatic rings. The molecule has 2 aromatic carbocycles. The first-order valence-electron chi connectivity index (χ1n) is 8.62. The smallest absolute Gasteiger partial charge is 0.342 e. The third-order valence-corrected chi connectivity index (χ3v) is 4.87. The molecule has 4 nitrogen and oxygen atoms in total. The molecule has 1 aromatic heterocycles. The predicted octanol–water partition coefficient (Wildman–Crippen LogP) is 5.38. The standard InChI is InChI=1S/C21H20Cl2N2O2/c1-4-27-21(26)19-16(11-13-7-5-6-8-17(13)23)15-12-14(22)9-10-18(15)24-20(19)25(2)3/h5-10,12H,4,11H2,1-3H3. The highest BCUT2D eigenvalue weighted by atomic mass is 35.5. The molecular formula is C21H20Cl2N2O2. The number of hydrogen-bond acceptors (Lipinski definition) is 4. The van der Waals surface area contributed by atoms with Gasteiger partial charge in [-0.05, 0) is 42.3 Å². The van der Waals surface area contributed by atoms with Crippen LogP contribution in [0.2, 0.25) is 10.0 Å². The Morgan fingerprint density at radius 1 is 1.15 bits per heavy atom. The van der Waals surface area contributed by atoms with Crippen molar-refractivity contribution in [1.82, 2.24) is 4.98 Å². The molecule has 0 amide bonds. The van der Waals surface area contributed by atoms with Gasteiger partial charge in [0, 0.05) is 35.9 Å². The van der Waals surface area contributed by atoms with Crippen LogP contribution in [0.1, 0.15) is 28.4 Å². The van der Waals surface area contributed by atoms with E-state index in [1.807, 2.05) is 55.4 Å². The Balaban J connectivity index is 2.34. The van der Waals surface area contributed by atoms with E-state index in [1.165, 1.54) is 0 Å². The predicted molar refractivity (Wildman–Crippen MR) is 111 cm³/mol. The van der Waals surface area contributed by atoms with Crippen LogP contribution in [0.15, 0.2) is 42.5 Å². The number of carbonyl (C=O) groups excluding carboxylic acids is 1. The van der Waals surface area contributed by atoms with E-state index in [1.54, 1.807) is 13.0 Å². The van der Waals surface area contributed by atoms with Crippen LogP contribution in [0.3, 0.4) is 0 Å². The lowest BCUT2D eigenvalue weighted by molar-refractivity contribution is 0.0526. The van der Waals surface area contributed by atoms with E-state index in [2.05, 4.69) is 4.98 Å². The third kappa shape index (κ3) is 4.02. The summed E-state index contributed by atoms with van der Waals surface area (Å²) in [5.41, 5.74) is 2.93. The van der Waals surface area contributed by atoms with E-state index in [4.69, 9.17) is 27.9 Å². The molecule has 0 saturated heterocycles. The fourth-order valence-electron chi connectivity index (χ4n) is 3.04. The number of ether oxygens (including phenoxy) is 1. The Hall–Kier alpha value is -2.30. The zero-order valence-electron chi connectivity index (χ0n) is 15.4. The Kier molecular flexibility index (Phi) is 5.88. The van der Waals surface area contributed by atoms with Crippen molar-refractivity contribution in [3.8, 4) is 0 Å². The molecule has 27 heavy (non-hydrogen) atoms. The average molecular weight is 403 g/mol. The second kappa shape index (κ2) is 8.15. The molecule has 140 valence electrons. The van der Waals surface area contributed by atoms with Gasteiger partial charge in [0.15, 0.2) is 0 Å². The van der Waals surface area contributed by atoms with Crippen molar-refractivity contribution in [2.24, 2.45) is 0 Å². The lowest BCUT2D eigenvalue weighted by atomic mass is 9.95. The third-order valence-electron chi connectivity index (χ3n) is 4.26. The van der Waals surface area contributed by atoms with Crippen molar-refractivity contribution >= 4 is 45.9 Å². The topological polar surface area (TPSA) is 42.4 Å². The number of halogens is 2. The van der Waals surface area contributed by atoms with Crippen LogP contribution >= 0.6 is 23.2 Å². The van der Waals surface area contributed by atoms with E-state index in [0.717, 1.165) is 22.0 Å². The quantitative estimate of drug-likeness (QED) is 0.537. The highest BCUT2D eigenvalue weighted by molar-refractivity contribution is 6.32. The molecule has 0 bridgehead atoms. The van der Waals surface area contributed by atoms with Gasteiger partial charge < -0.3 is 9.64 Å². The Bertz CT molecular complexity index is 1000. The van der Waals surface area contributed by atoms with E-state index >= 15 is 0 Å². The number of fused-ring (bicyclic) bond motifs is 1. The van der Waals surface area contributed by atoms with Gasteiger partial charge in [-0.1, -0.05) is 41.4 Å². The minimum absolute atomic E-state index is 0.283. The molecule has 0 unspecified atom stereocenters. The maximum absolute atomic E-state index is 12.8. The van der Waals surface area contributed by atoms with Crippen LogP contribution in [0.5, 0.6) is 0 Å². The Morgan fingerprint density at radius 2 is 1.89 bits per heavy atom. The van der Waals surface area contributed by atoms with Crippen molar-refractivity contribution in [2.45, 2.75) is 13.3 Å². The first-order valence-corrected chi connectivity index (χ1v) is 9.38. The summed E-state index contributed by atoms with van der Waals surface area (Å²) in [4.78, 5) is 19.3. The first-order chi connectivity index (χ1) is 12.9. The maximum Gasteiger partial charge on any atom is 0.342 e. The zero-order valence-corrected chi connectivity index (χ0v) is 16.9. The number of carbonyl (C=O) groups is 1. The van der Waals surface area contributed by atoms with Crippen molar-refractivity contribution in [1.29, 1.82) is 0 Å². The Morgan fingerprint density at radius 3 is 2.56 bits per heavy atom. The van der Waals surface area contributed by atoms with Crippen LogP contribution < -0.4 is 4.90 Å². The van der Waals surface area contributed by atoms with Crippen LogP contribution in [-0.2, 0) is 11.2 Å². The largest absolute Gasteiger partial charge is 0.462 e. The molecule has 3 aromatic rings. The number of rotatable bonds is 5. The molecule has 0 aliphatic carbocycles. The van der Waals surface area contributed by atoms with Crippen molar-refractivity contribution in [3.63, 3.8) is 0 Å². The molecule has 1 heterocycles. The lowest BCUT2D eigenvalue weighted by Crippen LogP contribution is -2.20. The fourth-order valence-corrected chi connectivity index (χ4v) is 3.42. The average Bonchev–Trinajstić information content (AvgIpc) is 2.63. The molecule has 0 atom stereocenters. The number of benzene rings is 2. The van der Waals surface area contributed by atoms with Gasteiger partial charge in [0.2, 0.25) is 0 Å². The summed E-state index contributed by atoms with van der Waals surface area (Å²) in [7, 11) is 3.71. The summed E-state index contributed by atoms with van der Waals surface area (Å²) in [5.74, 6) is 0.156. The number of aromatic nitrogens is 1. The SMILES string of the molecule is CCOC(=O)c1c(N(C)C)nc2ccc(Cl)cc2c1Cc1ccccc1Cl. The van der Waals surface area contributed by atoms with Crippen LogP contribution in [-0.4, -0.2) is 31.7 Å². The van der Waals surface area contributed by atoms with Crippen LogP contribution in [0, 0.1) is 0 Å². The minimum Gasteiger partial charge on any atom is -0.462 e. The minimum atomic E-state index is -0.405.